The molecule has 0 fully saturated rings. The Labute approximate surface area is 218 Å². The van der Waals surface area contributed by atoms with Crippen LogP contribution in [0.15, 0.2) is 71.6 Å². The third kappa shape index (κ3) is 7.23. The van der Waals surface area contributed by atoms with E-state index in [-0.39, 0.29) is 10.8 Å². The fourth-order valence-corrected chi connectivity index (χ4v) is 5.50. The van der Waals surface area contributed by atoms with Crippen molar-refractivity contribution in [3.63, 3.8) is 0 Å². The molecule has 0 saturated heterocycles. The van der Waals surface area contributed by atoms with Crippen LogP contribution >= 0.6 is 0 Å². The van der Waals surface area contributed by atoms with Crippen LogP contribution in [0.25, 0.3) is 0 Å². The third-order valence-electron chi connectivity index (χ3n) is 5.58. The van der Waals surface area contributed by atoms with Crippen LogP contribution in [-0.2, 0) is 24.8 Å². The van der Waals surface area contributed by atoms with Crippen molar-refractivity contribution in [2.24, 2.45) is 0 Å². The van der Waals surface area contributed by atoms with Gasteiger partial charge in [0.1, 0.15) is 12.3 Å². The van der Waals surface area contributed by atoms with Crippen LogP contribution in [0, 0.1) is 6.92 Å². The first-order valence-electron chi connectivity index (χ1n) is 11.4. The lowest BCUT2D eigenvalue weighted by Crippen LogP contribution is -2.37. The van der Waals surface area contributed by atoms with E-state index in [1.807, 2.05) is 32.9 Å². The first-order valence-corrected chi connectivity index (χ1v) is 14.8. The van der Waals surface area contributed by atoms with Crippen LogP contribution in [0.1, 0.15) is 30.9 Å². The fraction of sp³-hybridized carbons (Fsp3) is 0.269. The Morgan fingerprint density at radius 1 is 0.946 bits per heavy atom. The van der Waals surface area contributed by atoms with Crippen LogP contribution in [0.5, 0.6) is 5.75 Å². The Bertz CT molecular complexity index is 1470. The van der Waals surface area contributed by atoms with Crippen LogP contribution in [0.4, 0.5) is 17.1 Å². The average molecular weight is 546 g/mol. The molecule has 3 aromatic rings. The first-order chi connectivity index (χ1) is 17.3. The highest BCUT2D eigenvalue weighted by Crippen LogP contribution is 2.28. The lowest BCUT2D eigenvalue weighted by atomic mass is 10.0. The number of anilines is 3. The maximum atomic E-state index is 12.9. The molecule has 9 nitrogen and oxygen atoms in total. The summed E-state index contributed by atoms with van der Waals surface area (Å²) in [5.41, 5.74) is 2.91. The predicted molar refractivity (Wildman–Crippen MR) is 146 cm³/mol. The van der Waals surface area contributed by atoms with E-state index >= 15 is 0 Å². The molecule has 0 spiro atoms. The van der Waals surface area contributed by atoms with Gasteiger partial charge in [0.25, 0.3) is 10.0 Å². The van der Waals surface area contributed by atoms with Crippen molar-refractivity contribution >= 4 is 43.0 Å². The molecule has 2 N–H and O–H groups in total. The van der Waals surface area contributed by atoms with Gasteiger partial charge >= 0.3 is 0 Å². The maximum absolute atomic E-state index is 12.9. The van der Waals surface area contributed by atoms with Crippen molar-refractivity contribution in [2.75, 3.05) is 34.3 Å². The SMILES string of the molecule is COc1ccc(C)cc1NS(=O)(=O)c1ccc(NC(=O)CN(c2ccc(C(C)C)cc2)S(C)(=O)=O)cc1. The highest BCUT2D eigenvalue weighted by atomic mass is 32.2. The molecule has 3 aromatic carbocycles. The Morgan fingerprint density at radius 3 is 2.11 bits per heavy atom. The number of carbonyl (C=O) groups excluding carboxylic acids is 1. The molecule has 0 unspecified atom stereocenters. The van der Waals surface area contributed by atoms with Crippen LogP contribution in [0.3, 0.4) is 0 Å². The first kappa shape index (κ1) is 28.0. The van der Waals surface area contributed by atoms with E-state index < -0.39 is 32.5 Å². The van der Waals surface area contributed by atoms with Gasteiger partial charge in [-0.25, -0.2) is 16.8 Å². The molecule has 0 aliphatic carbocycles. The van der Waals surface area contributed by atoms with Gasteiger partial charge in [-0.15, -0.1) is 0 Å². The second-order valence-electron chi connectivity index (χ2n) is 8.90. The molecular formula is C26H31N3O6S2. The number of hydrogen-bond donors (Lipinski definition) is 2. The normalized spacial score (nSPS) is 11.7. The minimum absolute atomic E-state index is 0.0166. The van der Waals surface area contributed by atoms with Crippen molar-refractivity contribution in [1.82, 2.24) is 0 Å². The van der Waals surface area contributed by atoms with Gasteiger partial charge in [0, 0.05) is 5.69 Å². The number of benzene rings is 3. The minimum Gasteiger partial charge on any atom is -0.495 e. The lowest BCUT2D eigenvalue weighted by Gasteiger charge is -2.22. The van der Waals surface area contributed by atoms with Gasteiger partial charge in [0.15, 0.2) is 0 Å². The van der Waals surface area contributed by atoms with Gasteiger partial charge < -0.3 is 10.1 Å². The third-order valence-corrected chi connectivity index (χ3v) is 8.10. The van der Waals surface area contributed by atoms with E-state index in [0.29, 0.717) is 22.8 Å². The summed E-state index contributed by atoms with van der Waals surface area (Å²) >= 11 is 0. The summed E-state index contributed by atoms with van der Waals surface area (Å²) in [5.74, 6) is 0.0915. The highest BCUT2D eigenvalue weighted by Gasteiger charge is 2.22. The maximum Gasteiger partial charge on any atom is 0.262 e. The fourth-order valence-electron chi connectivity index (χ4n) is 3.58. The lowest BCUT2D eigenvalue weighted by molar-refractivity contribution is -0.114. The largest absolute Gasteiger partial charge is 0.495 e. The van der Waals surface area contributed by atoms with Crippen molar-refractivity contribution < 1.29 is 26.4 Å². The molecule has 198 valence electrons. The van der Waals surface area contributed by atoms with E-state index in [0.717, 1.165) is 21.7 Å². The van der Waals surface area contributed by atoms with Gasteiger partial charge in [0.05, 0.1) is 29.6 Å². The summed E-state index contributed by atoms with van der Waals surface area (Å²) in [6.07, 6.45) is 1.03. The van der Waals surface area contributed by atoms with Gasteiger partial charge in [-0.05, 0) is 72.5 Å². The molecular weight excluding hydrogens is 514 g/mol. The van der Waals surface area contributed by atoms with Crippen molar-refractivity contribution in [2.45, 2.75) is 31.6 Å². The van der Waals surface area contributed by atoms with Crippen LogP contribution < -0.4 is 19.1 Å². The molecule has 0 heterocycles. The molecule has 0 bridgehead atoms. The molecule has 0 aromatic heterocycles. The monoisotopic (exact) mass is 545 g/mol. The Morgan fingerprint density at radius 2 is 1.57 bits per heavy atom. The molecule has 0 radical (unpaired) electrons. The number of nitrogens with zero attached hydrogens (tertiary/aromatic N) is 1. The number of amides is 1. The summed E-state index contributed by atoms with van der Waals surface area (Å²) in [6, 6.07) is 17.7. The van der Waals surface area contributed by atoms with E-state index in [4.69, 9.17) is 4.74 Å². The van der Waals surface area contributed by atoms with Gasteiger partial charge in [-0.2, -0.15) is 0 Å². The molecule has 0 atom stereocenters. The number of rotatable bonds is 10. The molecule has 0 aliphatic rings. The quantitative estimate of drug-likeness (QED) is 0.391. The molecule has 37 heavy (non-hydrogen) atoms. The topological polar surface area (TPSA) is 122 Å². The number of carbonyl (C=O) groups is 1. The number of ether oxygens (including phenoxy) is 1. The van der Waals surface area contributed by atoms with E-state index in [9.17, 15) is 21.6 Å². The Kier molecular flexibility index (Phi) is 8.49. The summed E-state index contributed by atoms with van der Waals surface area (Å²) in [7, 11) is -6.20. The zero-order valence-corrected chi connectivity index (χ0v) is 23.0. The summed E-state index contributed by atoms with van der Waals surface area (Å²) in [4.78, 5) is 12.7. The number of sulfonamides is 2. The standard InChI is InChI=1S/C26H31N3O6S2/c1-18(2)20-7-11-22(12-8-20)29(36(5,31)32)17-26(30)27-21-9-13-23(14-10-21)37(33,34)28-24-16-19(3)6-15-25(24)35-4/h6-16,18,28H,17H2,1-5H3,(H,27,30). The summed E-state index contributed by atoms with van der Waals surface area (Å²) < 4.78 is 59.2. The minimum atomic E-state index is -3.92. The molecule has 11 heteroatoms. The second kappa shape index (κ2) is 11.2. The average Bonchev–Trinajstić information content (AvgIpc) is 2.82. The smallest absolute Gasteiger partial charge is 0.262 e. The van der Waals surface area contributed by atoms with Gasteiger partial charge in [-0.3, -0.25) is 13.8 Å². The zero-order chi connectivity index (χ0) is 27.4. The van der Waals surface area contributed by atoms with Gasteiger partial charge in [-0.1, -0.05) is 32.0 Å². The number of aryl methyl sites for hydroxylation is 1. The van der Waals surface area contributed by atoms with E-state index in [1.54, 1.807) is 30.3 Å². The molecule has 1 amide bonds. The molecule has 3 rings (SSSR count). The second-order valence-corrected chi connectivity index (χ2v) is 12.5. The molecule has 0 aliphatic heterocycles. The van der Waals surface area contributed by atoms with Crippen LogP contribution in [-0.4, -0.2) is 42.7 Å². The summed E-state index contributed by atoms with van der Waals surface area (Å²) in [5, 5.41) is 2.62. The van der Waals surface area contributed by atoms with Crippen LogP contribution in [0.2, 0.25) is 0 Å². The predicted octanol–water partition coefficient (Wildman–Crippen LogP) is 4.33. The number of methoxy groups -OCH3 is 1. The highest BCUT2D eigenvalue weighted by molar-refractivity contribution is 7.92. The van der Waals surface area contributed by atoms with Gasteiger partial charge in [0.2, 0.25) is 15.9 Å². The zero-order valence-electron chi connectivity index (χ0n) is 21.3. The number of nitrogens with one attached hydrogen (secondary N) is 2. The van der Waals surface area contributed by atoms with Crippen molar-refractivity contribution in [1.29, 1.82) is 0 Å². The van der Waals surface area contributed by atoms with Crippen molar-refractivity contribution in [3.8, 4) is 5.75 Å². The Balaban J connectivity index is 1.73. The summed E-state index contributed by atoms with van der Waals surface area (Å²) in [6.45, 7) is 5.46. The molecule has 0 saturated carbocycles. The Hall–Kier alpha value is -3.57. The van der Waals surface area contributed by atoms with E-state index in [1.165, 1.54) is 31.4 Å². The van der Waals surface area contributed by atoms with Crippen molar-refractivity contribution in [3.05, 3.63) is 77.9 Å². The van der Waals surface area contributed by atoms with E-state index in [2.05, 4.69) is 10.0 Å². The number of hydrogen-bond acceptors (Lipinski definition) is 6.